The van der Waals surface area contributed by atoms with E-state index in [4.69, 9.17) is 16.2 Å². The average Bonchev–Trinajstić information content (AvgIpc) is 3.11. The molecule has 1 unspecified atom stereocenters. The summed E-state index contributed by atoms with van der Waals surface area (Å²) in [6, 6.07) is 5.73. The number of nitrogen functional groups attached to an aromatic ring is 1. The van der Waals surface area contributed by atoms with E-state index in [0.717, 1.165) is 29.6 Å². The Bertz CT molecular complexity index is 683. The summed E-state index contributed by atoms with van der Waals surface area (Å²) in [5.41, 5.74) is 12.4. The van der Waals surface area contributed by atoms with Crippen LogP contribution in [0.15, 0.2) is 18.2 Å². The van der Waals surface area contributed by atoms with Gasteiger partial charge in [0.2, 0.25) is 0 Å². The van der Waals surface area contributed by atoms with Crippen molar-refractivity contribution in [2.75, 3.05) is 32.5 Å². The van der Waals surface area contributed by atoms with E-state index in [1.54, 1.807) is 7.11 Å². The molecule has 1 fully saturated rings. The van der Waals surface area contributed by atoms with Crippen LogP contribution in [0, 0.1) is 5.92 Å². The second-order valence-electron chi connectivity index (χ2n) is 5.32. The summed E-state index contributed by atoms with van der Waals surface area (Å²) in [7, 11) is 1.61. The standard InChI is InChI=1S/C15H19N3O2S/c1-20-10-3-2-4-11-12(10)13(17)14(21-11)15(19)18-6-5-9(7-16)8-18/h2-4,9H,5-8,16-17H2,1H3. The van der Waals surface area contributed by atoms with Gasteiger partial charge in [0.1, 0.15) is 10.6 Å². The lowest BCUT2D eigenvalue weighted by Gasteiger charge is -2.15. The molecule has 112 valence electrons. The highest BCUT2D eigenvalue weighted by atomic mass is 32.1. The Kier molecular flexibility index (Phi) is 3.73. The van der Waals surface area contributed by atoms with Crippen LogP contribution in [0.2, 0.25) is 0 Å². The Hall–Kier alpha value is -1.79. The first-order chi connectivity index (χ1) is 10.2. The second-order valence-corrected chi connectivity index (χ2v) is 6.37. The minimum Gasteiger partial charge on any atom is -0.496 e. The number of thiophene rings is 1. The van der Waals surface area contributed by atoms with Crippen LogP contribution in [0.5, 0.6) is 5.75 Å². The number of carbonyl (C=O) groups is 1. The van der Waals surface area contributed by atoms with Gasteiger partial charge in [-0.05, 0) is 31.0 Å². The summed E-state index contributed by atoms with van der Waals surface area (Å²) in [6.07, 6.45) is 0.969. The highest BCUT2D eigenvalue weighted by Gasteiger charge is 2.29. The van der Waals surface area contributed by atoms with E-state index < -0.39 is 0 Å². The molecule has 3 rings (SSSR count). The molecule has 1 amide bonds. The third-order valence-electron chi connectivity index (χ3n) is 4.03. The predicted molar refractivity (Wildman–Crippen MR) is 85.9 cm³/mol. The van der Waals surface area contributed by atoms with Crippen molar-refractivity contribution in [1.29, 1.82) is 0 Å². The second kappa shape index (κ2) is 5.54. The number of likely N-dealkylation sites (tertiary alicyclic amines) is 1. The van der Waals surface area contributed by atoms with E-state index in [9.17, 15) is 4.79 Å². The molecule has 6 heteroatoms. The summed E-state index contributed by atoms with van der Waals surface area (Å²) in [6.45, 7) is 2.10. The maximum atomic E-state index is 12.7. The van der Waals surface area contributed by atoms with Gasteiger partial charge in [-0.25, -0.2) is 0 Å². The lowest BCUT2D eigenvalue weighted by molar-refractivity contribution is 0.0793. The highest BCUT2D eigenvalue weighted by Crippen LogP contribution is 2.40. The number of amides is 1. The van der Waals surface area contributed by atoms with Gasteiger partial charge in [0.25, 0.3) is 5.91 Å². The van der Waals surface area contributed by atoms with Crippen molar-refractivity contribution in [2.45, 2.75) is 6.42 Å². The van der Waals surface area contributed by atoms with Crippen LogP contribution in [0.4, 0.5) is 5.69 Å². The van der Waals surface area contributed by atoms with Crippen LogP contribution >= 0.6 is 11.3 Å². The summed E-state index contributed by atoms with van der Waals surface area (Å²) in [5.74, 6) is 1.12. The van der Waals surface area contributed by atoms with Crippen molar-refractivity contribution in [2.24, 2.45) is 11.7 Å². The zero-order chi connectivity index (χ0) is 15.0. The Balaban J connectivity index is 1.98. The van der Waals surface area contributed by atoms with Gasteiger partial charge in [-0.1, -0.05) is 6.07 Å². The van der Waals surface area contributed by atoms with E-state index in [2.05, 4.69) is 0 Å². The Labute approximate surface area is 127 Å². The molecule has 1 atom stereocenters. The zero-order valence-corrected chi connectivity index (χ0v) is 12.8. The monoisotopic (exact) mass is 305 g/mol. The van der Waals surface area contributed by atoms with Gasteiger partial charge in [0, 0.05) is 17.8 Å². The van der Waals surface area contributed by atoms with E-state index in [0.29, 0.717) is 28.8 Å². The SMILES string of the molecule is COc1cccc2sc(C(=O)N3CCC(CN)C3)c(N)c12. The minimum atomic E-state index is 0.00621. The molecule has 2 heterocycles. The molecule has 0 saturated carbocycles. The van der Waals surface area contributed by atoms with E-state index in [-0.39, 0.29) is 5.91 Å². The fourth-order valence-electron chi connectivity index (χ4n) is 2.82. The fourth-order valence-corrected chi connectivity index (χ4v) is 3.93. The number of nitrogens with two attached hydrogens (primary N) is 2. The van der Waals surface area contributed by atoms with Gasteiger partial charge in [-0.3, -0.25) is 4.79 Å². The molecule has 21 heavy (non-hydrogen) atoms. The molecular weight excluding hydrogens is 286 g/mol. The van der Waals surface area contributed by atoms with Crippen molar-refractivity contribution in [3.05, 3.63) is 23.1 Å². The first kappa shape index (κ1) is 14.2. The fraction of sp³-hybridized carbons (Fsp3) is 0.400. The quantitative estimate of drug-likeness (QED) is 0.907. The zero-order valence-electron chi connectivity index (χ0n) is 12.0. The Morgan fingerprint density at radius 3 is 3.00 bits per heavy atom. The van der Waals surface area contributed by atoms with Gasteiger partial charge in [-0.15, -0.1) is 11.3 Å². The number of rotatable bonds is 3. The summed E-state index contributed by atoms with van der Waals surface area (Å²) >= 11 is 1.43. The largest absolute Gasteiger partial charge is 0.496 e. The lowest BCUT2D eigenvalue weighted by Crippen LogP contribution is -2.29. The molecule has 0 spiro atoms. The third-order valence-corrected chi connectivity index (χ3v) is 5.19. The van der Waals surface area contributed by atoms with E-state index in [1.165, 1.54) is 11.3 Å². The molecule has 2 aromatic rings. The number of hydrogen-bond donors (Lipinski definition) is 2. The van der Waals surface area contributed by atoms with Crippen LogP contribution in [-0.2, 0) is 0 Å². The van der Waals surface area contributed by atoms with Gasteiger partial charge >= 0.3 is 0 Å². The average molecular weight is 305 g/mol. The van der Waals surface area contributed by atoms with Crippen LogP contribution in [0.25, 0.3) is 10.1 Å². The lowest BCUT2D eigenvalue weighted by atomic mass is 10.1. The first-order valence-corrected chi connectivity index (χ1v) is 7.81. The van der Waals surface area contributed by atoms with Gasteiger partial charge in [-0.2, -0.15) is 0 Å². The number of ether oxygens (including phenoxy) is 1. The summed E-state index contributed by atoms with van der Waals surface area (Å²) < 4.78 is 6.32. The molecule has 0 radical (unpaired) electrons. The van der Waals surface area contributed by atoms with Crippen molar-refractivity contribution >= 4 is 33.0 Å². The van der Waals surface area contributed by atoms with E-state index >= 15 is 0 Å². The molecule has 1 aromatic heterocycles. The first-order valence-electron chi connectivity index (χ1n) is 7.00. The minimum absolute atomic E-state index is 0.00621. The molecule has 0 aliphatic carbocycles. The number of carbonyl (C=O) groups excluding carboxylic acids is 1. The number of fused-ring (bicyclic) bond motifs is 1. The number of hydrogen-bond acceptors (Lipinski definition) is 5. The van der Waals surface area contributed by atoms with Crippen LogP contribution < -0.4 is 16.2 Å². The maximum Gasteiger partial charge on any atom is 0.266 e. The highest BCUT2D eigenvalue weighted by molar-refractivity contribution is 7.21. The molecule has 5 nitrogen and oxygen atoms in total. The number of anilines is 1. The molecule has 1 aromatic carbocycles. The van der Waals surface area contributed by atoms with Crippen molar-refractivity contribution < 1.29 is 9.53 Å². The van der Waals surface area contributed by atoms with Crippen LogP contribution in [0.1, 0.15) is 16.1 Å². The normalized spacial score (nSPS) is 18.4. The third kappa shape index (κ3) is 2.34. The topological polar surface area (TPSA) is 81.6 Å². The van der Waals surface area contributed by atoms with Crippen molar-refractivity contribution in [3.63, 3.8) is 0 Å². The maximum absolute atomic E-state index is 12.7. The predicted octanol–water partition coefficient (Wildman–Crippen LogP) is 1.91. The molecule has 1 aliphatic heterocycles. The van der Waals surface area contributed by atoms with Crippen molar-refractivity contribution in [1.82, 2.24) is 4.90 Å². The van der Waals surface area contributed by atoms with Crippen molar-refractivity contribution in [3.8, 4) is 5.75 Å². The van der Waals surface area contributed by atoms with Gasteiger partial charge in [0.15, 0.2) is 0 Å². The Morgan fingerprint density at radius 1 is 1.52 bits per heavy atom. The van der Waals surface area contributed by atoms with Crippen LogP contribution in [-0.4, -0.2) is 37.6 Å². The molecular formula is C15H19N3O2S. The van der Waals surface area contributed by atoms with Gasteiger partial charge in [0.05, 0.1) is 18.2 Å². The molecule has 0 bridgehead atoms. The summed E-state index contributed by atoms with van der Waals surface area (Å²) in [5, 5.41) is 0.836. The van der Waals surface area contributed by atoms with E-state index in [1.807, 2.05) is 23.1 Å². The van der Waals surface area contributed by atoms with Crippen LogP contribution in [0.3, 0.4) is 0 Å². The van der Waals surface area contributed by atoms with Gasteiger partial charge < -0.3 is 21.1 Å². The molecule has 1 aliphatic rings. The number of methoxy groups -OCH3 is 1. The number of benzene rings is 1. The number of nitrogens with zero attached hydrogens (tertiary/aromatic N) is 1. The smallest absolute Gasteiger partial charge is 0.266 e. The molecule has 1 saturated heterocycles. The molecule has 4 N–H and O–H groups in total. The summed E-state index contributed by atoms with van der Waals surface area (Å²) in [4.78, 5) is 15.1. The Morgan fingerprint density at radius 2 is 2.33 bits per heavy atom.